The van der Waals surface area contributed by atoms with Crippen LogP contribution in [0.1, 0.15) is 29.9 Å². The van der Waals surface area contributed by atoms with Gasteiger partial charge in [-0.2, -0.15) is 0 Å². The fourth-order valence-electron chi connectivity index (χ4n) is 2.32. The molecule has 0 spiro atoms. The zero-order chi connectivity index (χ0) is 15.4. The van der Waals surface area contributed by atoms with E-state index in [-0.39, 0.29) is 11.9 Å². The van der Waals surface area contributed by atoms with Crippen LogP contribution < -0.4 is 14.8 Å². The summed E-state index contributed by atoms with van der Waals surface area (Å²) >= 11 is 0. The van der Waals surface area contributed by atoms with Crippen LogP contribution in [-0.4, -0.2) is 20.8 Å². The van der Waals surface area contributed by atoms with Crippen molar-refractivity contribution in [3.8, 4) is 11.5 Å². The number of hydrogen-bond donors (Lipinski definition) is 1. The molecule has 1 aromatic heterocycles. The third-order valence-corrected chi connectivity index (χ3v) is 3.39. The Hall–Kier alpha value is -2.01. The molecule has 5 heteroatoms. The highest BCUT2D eigenvalue weighted by molar-refractivity contribution is 5.46. The SMILES string of the molecule is CCNC(c1cc(OC)c(OC)cc1F)c1occc1C. The molecule has 2 aromatic rings. The van der Waals surface area contributed by atoms with Gasteiger partial charge in [0.25, 0.3) is 0 Å². The monoisotopic (exact) mass is 293 g/mol. The molecule has 21 heavy (non-hydrogen) atoms. The number of rotatable bonds is 6. The summed E-state index contributed by atoms with van der Waals surface area (Å²) < 4.78 is 30.3. The molecule has 0 fully saturated rings. The largest absolute Gasteiger partial charge is 0.493 e. The maximum Gasteiger partial charge on any atom is 0.163 e. The molecule has 2 rings (SSSR count). The van der Waals surface area contributed by atoms with Crippen LogP contribution in [0.5, 0.6) is 11.5 Å². The van der Waals surface area contributed by atoms with Gasteiger partial charge in [0.2, 0.25) is 0 Å². The molecule has 1 aromatic carbocycles. The summed E-state index contributed by atoms with van der Waals surface area (Å²) in [5.74, 6) is 1.18. The second kappa shape index (κ2) is 6.63. The molecule has 0 amide bonds. The predicted molar refractivity (Wildman–Crippen MR) is 78.5 cm³/mol. The van der Waals surface area contributed by atoms with Crippen molar-refractivity contribution in [3.05, 3.63) is 47.2 Å². The standard InChI is InChI=1S/C16H20FNO3/c1-5-18-15(16-10(2)6-7-21-16)11-8-13(19-3)14(20-4)9-12(11)17/h6-9,15,18H,5H2,1-4H3. The van der Waals surface area contributed by atoms with Crippen molar-refractivity contribution in [2.24, 2.45) is 0 Å². The molecule has 0 aliphatic rings. The quantitative estimate of drug-likeness (QED) is 0.886. The Morgan fingerprint density at radius 3 is 2.43 bits per heavy atom. The van der Waals surface area contributed by atoms with Gasteiger partial charge in [-0.3, -0.25) is 0 Å². The van der Waals surface area contributed by atoms with Crippen LogP contribution >= 0.6 is 0 Å². The third-order valence-electron chi connectivity index (χ3n) is 3.39. The number of benzene rings is 1. The highest BCUT2D eigenvalue weighted by Gasteiger charge is 2.24. The number of halogens is 1. The second-order valence-corrected chi connectivity index (χ2v) is 4.69. The van der Waals surface area contributed by atoms with E-state index in [1.165, 1.54) is 20.3 Å². The molecule has 0 aliphatic heterocycles. The van der Waals surface area contributed by atoms with E-state index >= 15 is 0 Å². The lowest BCUT2D eigenvalue weighted by Crippen LogP contribution is -2.23. The Morgan fingerprint density at radius 2 is 1.90 bits per heavy atom. The van der Waals surface area contributed by atoms with E-state index in [1.54, 1.807) is 12.3 Å². The van der Waals surface area contributed by atoms with E-state index in [1.807, 2.05) is 19.9 Å². The van der Waals surface area contributed by atoms with Crippen LogP contribution in [0.2, 0.25) is 0 Å². The average molecular weight is 293 g/mol. The molecule has 0 saturated heterocycles. The first kappa shape index (κ1) is 15.4. The Bertz CT molecular complexity index is 610. The fourth-order valence-corrected chi connectivity index (χ4v) is 2.32. The molecule has 1 atom stereocenters. The average Bonchev–Trinajstić information content (AvgIpc) is 2.90. The Morgan fingerprint density at radius 1 is 1.24 bits per heavy atom. The summed E-state index contributed by atoms with van der Waals surface area (Å²) in [4.78, 5) is 0. The topological polar surface area (TPSA) is 43.6 Å². The van der Waals surface area contributed by atoms with E-state index in [2.05, 4.69) is 5.32 Å². The first-order valence-electron chi connectivity index (χ1n) is 6.81. The minimum absolute atomic E-state index is 0.366. The Kier molecular flexibility index (Phi) is 4.85. The zero-order valence-electron chi connectivity index (χ0n) is 12.7. The van der Waals surface area contributed by atoms with E-state index < -0.39 is 0 Å². The number of ether oxygens (including phenoxy) is 2. The molecular weight excluding hydrogens is 273 g/mol. The highest BCUT2D eigenvalue weighted by Crippen LogP contribution is 2.35. The summed E-state index contributed by atoms with van der Waals surface area (Å²) in [5, 5.41) is 3.24. The smallest absolute Gasteiger partial charge is 0.163 e. The van der Waals surface area contributed by atoms with E-state index in [4.69, 9.17) is 13.9 Å². The van der Waals surface area contributed by atoms with Crippen molar-refractivity contribution in [2.45, 2.75) is 19.9 Å². The van der Waals surface area contributed by atoms with Gasteiger partial charge in [0.05, 0.1) is 26.5 Å². The lowest BCUT2D eigenvalue weighted by Gasteiger charge is -2.19. The molecule has 0 bridgehead atoms. The maximum absolute atomic E-state index is 14.4. The highest BCUT2D eigenvalue weighted by atomic mass is 19.1. The summed E-state index contributed by atoms with van der Waals surface area (Å²) in [6.07, 6.45) is 1.60. The van der Waals surface area contributed by atoms with Crippen molar-refractivity contribution >= 4 is 0 Å². The summed E-state index contributed by atoms with van der Waals surface area (Å²) in [7, 11) is 3.01. The van der Waals surface area contributed by atoms with Crippen LogP contribution in [0.4, 0.5) is 4.39 Å². The number of methoxy groups -OCH3 is 2. The van der Waals surface area contributed by atoms with Gasteiger partial charge in [-0.1, -0.05) is 6.92 Å². The Balaban J connectivity index is 2.53. The predicted octanol–water partition coefficient (Wildman–Crippen LogP) is 3.44. The molecule has 0 saturated carbocycles. The van der Waals surface area contributed by atoms with E-state index in [0.29, 0.717) is 29.4 Å². The van der Waals surface area contributed by atoms with Gasteiger partial charge >= 0.3 is 0 Å². The van der Waals surface area contributed by atoms with Gasteiger partial charge in [0, 0.05) is 11.6 Å². The fraction of sp³-hybridized carbons (Fsp3) is 0.375. The lowest BCUT2D eigenvalue weighted by molar-refractivity contribution is 0.349. The van der Waals surface area contributed by atoms with Crippen LogP contribution in [0.25, 0.3) is 0 Å². The minimum Gasteiger partial charge on any atom is -0.493 e. The number of nitrogens with one attached hydrogen (secondary N) is 1. The molecule has 1 heterocycles. The molecular formula is C16H20FNO3. The van der Waals surface area contributed by atoms with Crippen LogP contribution in [0.3, 0.4) is 0 Å². The maximum atomic E-state index is 14.4. The zero-order valence-corrected chi connectivity index (χ0v) is 12.7. The summed E-state index contributed by atoms with van der Waals surface area (Å²) in [6, 6.07) is 4.46. The van der Waals surface area contributed by atoms with Gasteiger partial charge in [-0.15, -0.1) is 0 Å². The van der Waals surface area contributed by atoms with Gasteiger partial charge < -0.3 is 19.2 Å². The number of hydrogen-bond acceptors (Lipinski definition) is 4. The van der Waals surface area contributed by atoms with Crippen molar-refractivity contribution in [1.82, 2.24) is 5.32 Å². The molecule has 114 valence electrons. The van der Waals surface area contributed by atoms with Crippen molar-refractivity contribution in [3.63, 3.8) is 0 Å². The van der Waals surface area contributed by atoms with E-state index in [9.17, 15) is 4.39 Å². The molecule has 1 N–H and O–H groups in total. The molecule has 0 radical (unpaired) electrons. The Labute approximate surface area is 123 Å². The second-order valence-electron chi connectivity index (χ2n) is 4.69. The number of aryl methyl sites for hydroxylation is 1. The molecule has 4 nitrogen and oxygen atoms in total. The van der Waals surface area contributed by atoms with Crippen molar-refractivity contribution in [2.75, 3.05) is 20.8 Å². The van der Waals surface area contributed by atoms with Gasteiger partial charge in [0.15, 0.2) is 11.5 Å². The van der Waals surface area contributed by atoms with Crippen molar-refractivity contribution in [1.29, 1.82) is 0 Å². The summed E-state index contributed by atoms with van der Waals surface area (Å²) in [5.41, 5.74) is 1.43. The number of furan rings is 1. The third kappa shape index (κ3) is 3.03. The molecule has 0 aliphatic carbocycles. The van der Waals surface area contributed by atoms with Gasteiger partial charge in [-0.25, -0.2) is 4.39 Å². The van der Waals surface area contributed by atoms with Crippen LogP contribution in [-0.2, 0) is 0 Å². The normalized spacial score (nSPS) is 12.2. The van der Waals surface area contributed by atoms with Crippen LogP contribution in [0, 0.1) is 12.7 Å². The minimum atomic E-state index is -0.371. The van der Waals surface area contributed by atoms with E-state index in [0.717, 1.165) is 5.56 Å². The van der Waals surface area contributed by atoms with Crippen LogP contribution in [0.15, 0.2) is 28.9 Å². The lowest BCUT2D eigenvalue weighted by atomic mass is 10.0. The summed E-state index contributed by atoms with van der Waals surface area (Å²) in [6.45, 7) is 4.57. The first-order chi connectivity index (χ1) is 10.1. The van der Waals surface area contributed by atoms with Crippen molar-refractivity contribution < 1.29 is 18.3 Å². The molecule has 1 unspecified atom stereocenters. The van der Waals surface area contributed by atoms with Gasteiger partial charge in [-0.05, 0) is 31.2 Å². The first-order valence-corrected chi connectivity index (χ1v) is 6.81. The van der Waals surface area contributed by atoms with Gasteiger partial charge in [0.1, 0.15) is 11.6 Å².